The maximum Gasteiger partial charge on any atom is 0.0541 e. The quantitative estimate of drug-likeness (QED) is 0.0897. The fourth-order valence-corrected chi connectivity index (χ4v) is 20.1. The monoisotopic (exact) mass is 1680 g/mol. The van der Waals surface area contributed by atoms with Gasteiger partial charge >= 0.3 is 0 Å². The molecule has 0 bridgehead atoms. The average molecular weight is 1680 g/mol. The molecule has 0 saturated carbocycles. The highest BCUT2D eigenvalue weighted by atomic mass is 15.1. The van der Waals surface area contributed by atoms with E-state index in [1.165, 1.54) is 186 Å². The van der Waals surface area contributed by atoms with Crippen molar-refractivity contribution in [1.29, 1.82) is 0 Å². The lowest BCUT2D eigenvalue weighted by molar-refractivity contribution is 1.17. The van der Waals surface area contributed by atoms with Crippen LogP contribution in [0.1, 0.15) is 0 Å². The van der Waals surface area contributed by atoms with Crippen LogP contribution < -0.4 is 9.80 Å². The van der Waals surface area contributed by atoms with Crippen LogP contribution >= 0.6 is 0 Å². The summed E-state index contributed by atoms with van der Waals surface area (Å²) in [6.07, 6.45) is 0. The Morgan fingerprint density at radius 3 is 0.652 bits per heavy atom. The summed E-state index contributed by atoms with van der Waals surface area (Å²) in [5.74, 6) is 0. The number of hydrogen-bond donors (Lipinski definition) is 0. The van der Waals surface area contributed by atoms with Crippen molar-refractivity contribution in [3.63, 3.8) is 0 Å². The Balaban J connectivity index is 0.000000146. The highest BCUT2D eigenvalue weighted by molar-refractivity contribution is 6.16. The van der Waals surface area contributed by atoms with Crippen LogP contribution in [0.5, 0.6) is 0 Å². The average Bonchev–Trinajstić information content (AvgIpc) is 1.71. The molecule has 0 radical (unpaired) electrons. The molecule has 23 aromatic carbocycles. The number of benzene rings is 23. The smallest absolute Gasteiger partial charge is 0.0541 e. The van der Waals surface area contributed by atoms with Gasteiger partial charge in [-0.15, -0.1) is 0 Å². The van der Waals surface area contributed by atoms with Crippen molar-refractivity contribution in [2.75, 3.05) is 9.80 Å². The summed E-state index contributed by atoms with van der Waals surface area (Å²) in [6.45, 7) is 0. The van der Waals surface area contributed by atoms with E-state index in [0.29, 0.717) is 0 Å². The second kappa shape index (κ2) is 33.7. The van der Waals surface area contributed by atoms with Crippen molar-refractivity contribution in [2.24, 2.45) is 0 Å². The van der Waals surface area contributed by atoms with E-state index in [4.69, 9.17) is 0 Å². The molecule has 2 heterocycles. The number of fused-ring (bicyclic) bond motifs is 13. The van der Waals surface area contributed by atoms with E-state index < -0.39 is 0 Å². The van der Waals surface area contributed by atoms with Crippen molar-refractivity contribution in [1.82, 2.24) is 9.13 Å². The first-order valence-electron chi connectivity index (χ1n) is 45.4. The van der Waals surface area contributed by atoms with E-state index >= 15 is 0 Å². The maximum absolute atomic E-state index is 2.38. The van der Waals surface area contributed by atoms with Gasteiger partial charge in [0.1, 0.15) is 0 Å². The van der Waals surface area contributed by atoms with Gasteiger partial charge in [-0.3, -0.25) is 0 Å². The zero-order chi connectivity index (χ0) is 87.4. The summed E-state index contributed by atoms with van der Waals surface area (Å²) >= 11 is 0. The van der Waals surface area contributed by atoms with Crippen molar-refractivity contribution in [3.05, 3.63) is 522 Å². The molecule has 25 rings (SSSR count). The number of anilines is 6. The van der Waals surface area contributed by atoms with E-state index in [2.05, 4.69) is 541 Å². The third-order valence-electron chi connectivity index (χ3n) is 26.6. The van der Waals surface area contributed by atoms with E-state index in [0.717, 1.165) is 45.5 Å². The molecule has 0 aliphatic carbocycles. The number of hydrogen-bond acceptors (Lipinski definition) is 2. The fourth-order valence-electron chi connectivity index (χ4n) is 20.1. The predicted molar refractivity (Wildman–Crippen MR) is 562 cm³/mol. The SMILES string of the molecule is c1ccc(-c2ccc(-c3ccc(N(c4ccc(-c5ccc(-c6cc7ccccc7c7ccccc67)cc5)cc4)c4ccc(-n5c6ccccc6c6ccccc65)cc4)cc3)cc2)cc1.c1ccc2c(-c3ccc(-c4ccc(N(c5ccc(-c6ccc(-c7cc8ccccc8c8ccccc78)cc6)cc5)c5ccc(-n6c7ccccc7c7ccccc76)cc5)cc4)cc3)cccc2c1. The van der Waals surface area contributed by atoms with Crippen molar-refractivity contribution < 1.29 is 0 Å². The van der Waals surface area contributed by atoms with Crippen molar-refractivity contribution in [2.45, 2.75) is 0 Å². The van der Waals surface area contributed by atoms with Gasteiger partial charge in [-0.25, -0.2) is 0 Å². The second-order valence-electron chi connectivity index (χ2n) is 34.2. The molecule has 0 atom stereocenters. The third kappa shape index (κ3) is 14.4. The lowest BCUT2D eigenvalue weighted by Crippen LogP contribution is -2.10. The molecule has 0 spiro atoms. The summed E-state index contributed by atoms with van der Waals surface area (Å²) in [5, 5.41) is 17.8. The third-order valence-corrected chi connectivity index (χ3v) is 26.6. The Labute approximate surface area is 767 Å². The molecule has 0 aliphatic heterocycles. The zero-order valence-electron chi connectivity index (χ0n) is 72.4. The molecular formula is C128H86N4. The standard InChI is InChI=1S/C66H44N2.C62H42N2/c1-3-15-57-49(12-1)14-11-21-58(57)50-28-24-45(25-29-50)47-32-36-53(37-33-47)67(55-40-42-56(43-41-55)68-65-22-9-7-19-62(65)63-20-8-10-23-66(63)68)54-38-34-48(35-39-54)46-26-30-51(31-27-46)64-44-52-13-2-4-16-59(52)60-17-5-6-18-61(60)64;1-2-12-43(13-3-1)44-22-24-45(25-23-44)47-30-34-51(35-31-47)63(53-38-40-54(41-39-53)64-61-20-10-8-18-58(61)59-19-9-11-21-62(59)64)52-36-32-48(33-37-52)46-26-28-49(29-27-46)60-42-50-14-4-5-15-55(50)56-16-6-7-17-57(56)60/h1-44H;1-42H. The molecule has 0 fully saturated rings. The molecule has 25 aromatic rings. The van der Waals surface area contributed by atoms with Crippen molar-refractivity contribution in [3.8, 4) is 100 Å². The zero-order valence-corrected chi connectivity index (χ0v) is 72.4. The van der Waals surface area contributed by atoms with Crippen LogP contribution in [-0.2, 0) is 0 Å². The first kappa shape index (κ1) is 78.1. The Hall–Kier alpha value is -17.4. The van der Waals surface area contributed by atoms with Crippen LogP contribution in [0, 0.1) is 0 Å². The molecule has 4 heteroatoms. The summed E-state index contributed by atoms with van der Waals surface area (Å²) in [5.41, 5.74) is 32.9. The molecule has 0 amide bonds. The molecule has 0 aliphatic rings. The van der Waals surface area contributed by atoms with Gasteiger partial charge < -0.3 is 18.9 Å². The van der Waals surface area contributed by atoms with E-state index in [1.807, 2.05) is 0 Å². The summed E-state index contributed by atoms with van der Waals surface area (Å²) < 4.78 is 4.75. The number of para-hydroxylation sites is 4. The minimum absolute atomic E-state index is 1.08. The highest BCUT2D eigenvalue weighted by Gasteiger charge is 2.22. The Morgan fingerprint density at radius 1 is 0.121 bits per heavy atom. The lowest BCUT2D eigenvalue weighted by atomic mass is 9.92. The van der Waals surface area contributed by atoms with Gasteiger partial charge in [0, 0.05) is 67.0 Å². The second-order valence-corrected chi connectivity index (χ2v) is 34.2. The lowest BCUT2D eigenvalue weighted by Gasteiger charge is -2.26. The highest BCUT2D eigenvalue weighted by Crippen LogP contribution is 2.46. The van der Waals surface area contributed by atoms with Gasteiger partial charge in [0.2, 0.25) is 0 Å². The Morgan fingerprint density at radius 2 is 0.333 bits per heavy atom. The molecule has 618 valence electrons. The van der Waals surface area contributed by atoms with Crippen molar-refractivity contribution >= 4 is 132 Å². The largest absolute Gasteiger partial charge is 0.311 e. The van der Waals surface area contributed by atoms with E-state index in [9.17, 15) is 0 Å². The molecule has 0 saturated heterocycles. The molecule has 4 nitrogen and oxygen atoms in total. The van der Waals surface area contributed by atoms with Gasteiger partial charge in [-0.05, 0) is 276 Å². The molecular weight excluding hydrogens is 1590 g/mol. The number of aromatic nitrogens is 2. The Bertz CT molecular complexity index is 8480. The van der Waals surface area contributed by atoms with Crippen LogP contribution in [0.3, 0.4) is 0 Å². The van der Waals surface area contributed by atoms with Gasteiger partial charge in [-0.2, -0.15) is 0 Å². The van der Waals surface area contributed by atoms with Crippen LogP contribution in [0.15, 0.2) is 522 Å². The predicted octanol–water partition coefficient (Wildman–Crippen LogP) is 35.6. The first-order valence-corrected chi connectivity index (χ1v) is 45.4. The molecule has 0 N–H and O–H groups in total. The van der Waals surface area contributed by atoms with Gasteiger partial charge in [0.05, 0.1) is 22.1 Å². The van der Waals surface area contributed by atoms with Crippen LogP contribution in [0.2, 0.25) is 0 Å². The molecule has 132 heavy (non-hydrogen) atoms. The molecule has 0 unspecified atom stereocenters. The van der Waals surface area contributed by atoms with Crippen LogP contribution in [0.4, 0.5) is 34.1 Å². The summed E-state index contributed by atoms with van der Waals surface area (Å²) in [6, 6.07) is 190. The maximum atomic E-state index is 2.38. The van der Waals surface area contributed by atoms with E-state index in [-0.39, 0.29) is 0 Å². The van der Waals surface area contributed by atoms with Gasteiger partial charge in [0.15, 0.2) is 0 Å². The minimum atomic E-state index is 1.08. The number of rotatable bonds is 16. The number of nitrogens with zero attached hydrogens (tertiary/aromatic N) is 4. The topological polar surface area (TPSA) is 16.3 Å². The van der Waals surface area contributed by atoms with Crippen LogP contribution in [0.25, 0.3) is 198 Å². The van der Waals surface area contributed by atoms with Crippen LogP contribution in [-0.4, -0.2) is 9.13 Å². The van der Waals surface area contributed by atoms with E-state index in [1.54, 1.807) is 0 Å². The first-order chi connectivity index (χ1) is 65.4. The fraction of sp³-hybridized carbons (Fsp3) is 0. The normalized spacial score (nSPS) is 11.5. The van der Waals surface area contributed by atoms with Gasteiger partial charge in [0.25, 0.3) is 0 Å². The molecule has 2 aromatic heterocycles. The summed E-state index contributed by atoms with van der Waals surface area (Å²) in [7, 11) is 0. The van der Waals surface area contributed by atoms with Gasteiger partial charge in [-0.1, -0.05) is 388 Å². The summed E-state index contributed by atoms with van der Waals surface area (Å²) in [4.78, 5) is 4.72. The minimum Gasteiger partial charge on any atom is -0.311 e. The Kier molecular flexibility index (Phi) is 19.9.